The zero-order chi connectivity index (χ0) is 21.2. The molecule has 0 spiro atoms. The van der Waals surface area contributed by atoms with Crippen LogP contribution in [0.25, 0.3) is 0 Å². The monoisotopic (exact) mass is 419 g/mol. The van der Waals surface area contributed by atoms with Gasteiger partial charge in [-0.15, -0.1) is 0 Å². The van der Waals surface area contributed by atoms with E-state index in [2.05, 4.69) is 5.16 Å². The van der Waals surface area contributed by atoms with Gasteiger partial charge in [0, 0.05) is 43.7 Å². The fraction of sp³-hybridized carbons (Fsp3) is 0.450. The average molecular weight is 420 g/mol. The number of amides is 1. The van der Waals surface area contributed by atoms with Crippen LogP contribution in [0.1, 0.15) is 40.7 Å². The van der Waals surface area contributed by atoms with E-state index in [4.69, 9.17) is 4.52 Å². The summed E-state index contributed by atoms with van der Waals surface area (Å²) >= 11 is 0. The summed E-state index contributed by atoms with van der Waals surface area (Å²) in [6.45, 7) is 6.30. The van der Waals surface area contributed by atoms with Gasteiger partial charge in [0.1, 0.15) is 5.76 Å². The highest BCUT2D eigenvalue weighted by Crippen LogP contribution is 2.20. The van der Waals surface area contributed by atoms with Crippen molar-refractivity contribution in [2.45, 2.75) is 38.5 Å². The second kappa shape index (κ2) is 8.46. The van der Waals surface area contributed by atoms with Gasteiger partial charge in [-0.25, -0.2) is 8.42 Å². The predicted molar refractivity (Wildman–Crippen MR) is 106 cm³/mol. The highest BCUT2D eigenvalue weighted by molar-refractivity contribution is 7.89. The number of benzene rings is 1. The Morgan fingerprint density at radius 3 is 2.21 bits per heavy atom. The quantitative estimate of drug-likeness (QED) is 0.664. The summed E-state index contributed by atoms with van der Waals surface area (Å²) in [5.74, 6) is 0.604. The Hall–Kier alpha value is -2.52. The lowest BCUT2D eigenvalue weighted by atomic mass is 10.1. The molecule has 1 amide bonds. The van der Waals surface area contributed by atoms with Crippen LogP contribution in [-0.2, 0) is 21.2 Å². The first-order chi connectivity index (χ1) is 13.7. The number of hydrogen-bond acceptors (Lipinski definition) is 6. The van der Waals surface area contributed by atoms with E-state index < -0.39 is 10.0 Å². The molecule has 0 aliphatic carbocycles. The van der Waals surface area contributed by atoms with Crippen LogP contribution >= 0.6 is 0 Å². The van der Waals surface area contributed by atoms with Crippen molar-refractivity contribution < 1.29 is 22.5 Å². The van der Waals surface area contributed by atoms with Crippen LogP contribution in [0.15, 0.2) is 33.7 Å². The van der Waals surface area contributed by atoms with E-state index in [1.165, 1.54) is 35.5 Å². The third-order valence-electron chi connectivity index (χ3n) is 5.26. The van der Waals surface area contributed by atoms with Crippen molar-refractivity contribution >= 4 is 21.7 Å². The van der Waals surface area contributed by atoms with Crippen LogP contribution < -0.4 is 0 Å². The first kappa shape index (κ1) is 21.2. The molecule has 0 unspecified atom stereocenters. The van der Waals surface area contributed by atoms with Crippen LogP contribution in [0, 0.1) is 13.8 Å². The summed E-state index contributed by atoms with van der Waals surface area (Å²) in [6.07, 6.45) is 0.892. The summed E-state index contributed by atoms with van der Waals surface area (Å²) in [6, 6.07) is 5.94. The van der Waals surface area contributed by atoms with Crippen molar-refractivity contribution in [3.8, 4) is 0 Å². The molecular weight excluding hydrogens is 394 g/mol. The molecule has 9 heteroatoms. The van der Waals surface area contributed by atoms with Gasteiger partial charge in [-0.2, -0.15) is 4.31 Å². The van der Waals surface area contributed by atoms with Gasteiger partial charge < -0.3 is 9.42 Å². The smallest absolute Gasteiger partial charge is 0.243 e. The number of sulfonamides is 1. The third kappa shape index (κ3) is 4.56. The van der Waals surface area contributed by atoms with Crippen molar-refractivity contribution in [3.63, 3.8) is 0 Å². The molecule has 3 rings (SSSR count). The van der Waals surface area contributed by atoms with Crippen molar-refractivity contribution in [1.29, 1.82) is 0 Å². The molecule has 1 aliphatic rings. The highest BCUT2D eigenvalue weighted by atomic mass is 32.2. The molecule has 2 aromatic rings. The SMILES string of the molecule is CC(=O)c1ccc(S(=O)(=O)N2CCN(C(=O)CCc3c(C)noc3C)CC2)cc1. The molecule has 1 fully saturated rings. The minimum Gasteiger partial charge on any atom is -0.361 e. The number of Topliss-reactive ketones (excluding diaryl/α,β-unsaturated/α-hetero) is 1. The van der Waals surface area contributed by atoms with E-state index >= 15 is 0 Å². The van der Waals surface area contributed by atoms with Crippen molar-refractivity contribution in [3.05, 3.63) is 46.8 Å². The number of rotatable bonds is 6. The molecule has 1 aromatic heterocycles. The van der Waals surface area contributed by atoms with Crippen molar-refractivity contribution in [1.82, 2.24) is 14.4 Å². The van der Waals surface area contributed by atoms with E-state index in [9.17, 15) is 18.0 Å². The lowest BCUT2D eigenvalue weighted by Crippen LogP contribution is -2.50. The molecular formula is C20H25N3O5S. The largest absolute Gasteiger partial charge is 0.361 e. The lowest BCUT2D eigenvalue weighted by Gasteiger charge is -2.34. The van der Waals surface area contributed by atoms with Gasteiger partial charge in [-0.3, -0.25) is 9.59 Å². The predicted octanol–water partition coefficient (Wildman–Crippen LogP) is 1.96. The fourth-order valence-electron chi connectivity index (χ4n) is 3.44. The van der Waals surface area contributed by atoms with Crippen LogP contribution in [-0.4, -0.2) is 60.6 Å². The second-order valence-electron chi connectivity index (χ2n) is 7.17. The summed E-state index contributed by atoms with van der Waals surface area (Å²) in [5, 5.41) is 3.90. The Morgan fingerprint density at radius 2 is 1.69 bits per heavy atom. The van der Waals surface area contributed by atoms with Crippen LogP contribution in [0.4, 0.5) is 0 Å². The molecule has 0 N–H and O–H groups in total. The summed E-state index contributed by atoms with van der Waals surface area (Å²) < 4.78 is 32.1. The molecule has 2 heterocycles. The van der Waals surface area contributed by atoms with Crippen LogP contribution in [0.3, 0.4) is 0 Å². The Labute approximate surface area is 170 Å². The number of hydrogen-bond donors (Lipinski definition) is 0. The van der Waals surface area contributed by atoms with E-state index in [1.54, 1.807) is 4.90 Å². The van der Waals surface area contributed by atoms with Crippen LogP contribution in [0.5, 0.6) is 0 Å². The molecule has 156 valence electrons. The number of piperazine rings is 1. The molecule has 1 saturated heterocycles. The van der Waals surface area contributed by atoms with Gasteiger partial charge in [0.2, 0.25) is 15.9 Å². The molecule has 1 aliphatic heterocycles. The molecule has 0 bridgehead atoms. The van der Waals surface area contributed by atoms with Gasteiger partial charge in [0.25, 0.3) is 0 Å². The van der Waals surface area contributed by atoms with Gasteiger partial charge >= 0.3 is 0 Å². The fourth-order valence-corrected chi connectivity index (χ4v) is 4.86. The number of nitrogens with zero attached hydrogens (tertiary/aromatic N) is 3. The highest BCUT2D eigenvalue weighted by Gasteiger charge is 2.30. The normalized spacial score (nSPS) is 15.5. The lowest BCUT2D eigenvalue weighted by molar-refractivity contribution is -0.132. The maximum absolute atomic E-state index is 12.8. The summed E-state index contributed by atoms with van der Waals surface area (Å²) in [5.41, 5.74) is 2.22. The first-order valence-corrected chi connectivity index (χ1v) is 10.9. The number of carbonyl (C=O) groups excluding carboxylic acids is 2. The Kier molecular flexibility index (Phi) is 6.18. The van der Waals surface area contributed by atoms with E-state index in [0.717, 1.165) is 17.0 Å². The third-order valence-corrected chi connectivity index (χ3v) is 7.17. The van der Waals surface area contributed by atoms with E-state index in [-0.39, 0.29) is 29.7 Å². The number of carbonyl (C=O) groups is 2. The van der Waals surface area contributed by atoms with Gasteiger partial charge in [0.05, 0.1) is 10.6 Å². The molecule has 8 nitrogen and oxygen atoms in total. The number of ketones is 1. The average Bonchev–Trinajstić information content (AvgIpc) is 3.03. The maximum atomic E-state index is 12.8. The molecule has 0 radical (unpaired) electrons. The van der Waals surface area contributed by atoms with Crippen molar-refractivity contribution in [2.24, 2.45) is 0 Å². The molecule has 0 atom stereocenters. The van der Waals surface area contributed by atoms with Gasteiger partial charge in [-0.1, -0.05) is 17.3 Å². The standard InChI is InChI=1S/C20H25N3O5S/c1-14-19(16(3)28-21-14)8-9-20(25)22-10-12-23(13-11-22)29(26,27)18-6-4-17(5-7-18)15(2)24/h4-7H,8-13H2,1-3H3. The minimum atomic E-state index is -3.65. The zero-order valence-electron chi connectivity index (χ0n) is 16.8. The zero-order valence-corrected chi connectivity index (χ0v) is 17.7. The minimum absolute atomic E-state index is 0.00661. The Balaban J connectivity index is 1.57. The second-order valence-corrected chi connectivity index (χ2v) is 9.11. The van der Waals surface area contributed by atoms with Crippen LogP contribution in [0.2, 0.25) is 0 Å². The maximum Gasteiger partial charge on any atom is 0.243 e. The molecule has 29 heavy (non-hydrogen) atoms. The number of aryl methyl sites for hydroxylation is 2. The Bertz CT molecular complexity index is 984. The molecule has 0 saturated carbocycles. The van der Waals surface area contributed by atoms with Gasteiger partial charge in [-0.05, 0) is 39.3 Å². The van der Waals surface area contributed by atoms with E-state index in [1.807, 2.05) is 13.8 Å². The number of aromatic nitrogens is 1. The van der Waals surface area contributed by atoms with Crippen molar-refractivity contribution in [2.75, 3.05) is 26.2 Å². The summed E-state index contributed by atoms with van der Waals surface area (Å²) in [7, 11) is -3.65. The van der Waals surface area contributed by atoms with Gasteiger partial charge in [0.15, 0.2) is 5.78 Å². The first-order valence-electron chi connectivity index (χ1n) is 9.51. The van der Waals surface area contributed by atoms with E-state index in [0.29, 0.717) is 31.5 Å². The molecule has 1 aromatic carbocycles. The Morgan fingerprint density at radius 1 is 1.07 bits per heavy atom. The topological polar surface area (TPSA) is 101 Å². The summed E-state index contributed by atoms with van der Waals surface area (Å²) in [4.78, 5) is 25.7.